The number of allylic oxidation sites excluding steroid dienone is 2. The first kappa shape index (κ1) is 15.0. The summed E-state index contributed by atoms with van der Waals surface area (Å²) >= 11 is 0. The van der Waals surface area contributed by atoms with Gasteiger partial charge in [-0.1, -0.05) is 6.08 Å². The number of amides is 1. The van der Waals surface area contributed by atoms with Crippen LogP contribution < -0.4 is 0 Å². The highest BCUT2D eigenvalue weighted by atomic mass is 16.4. The first-order valence-corrected chi connectivity index (χ1v) is 7.56. The lowest BCUT2D eigenvalue weighted by atomic mass is 10.0. The third-order valence-corrected chi connectivity index (χ3v) is 4.21. The summed E-state index contributed by atoms with van der Waals surface area (Å²) in [5.74, 6) is -0.958. The van der Waals surface area contributed by atoms with Crippen LogP contribution in [0, 0.1) is 5.92 Å². The Morgan fingerprint density at radius 2 is 2.25 bits per heavy atom. The van der Waals surface area contributed by atoms with E-state index < -0.39 is 5.97 Å². The van der Waals surface area contributed by atoms with Crippen LogP contribution in [-0.4, -0.2) is 53.0 Å². The van der Waals surface area contributed by atoms with Crippen molar-refractivity contribution in [2.24, 2.45) is 5.92 Å². The van der Waals surface area contributed by atoms with Gasteiger partial charge in [0.2, 0.25) is 5.91 Å². The number of carboxylic acid groups (broad SMARTS) is 1. The molecule has 20 heavy (non-hydrogen) atoms. The Kier molecular flexibility index (Phi) is 5.17. The fraction of sp³-hybridized carbons (Fsp3) is 0.733. The van der Waals surface area contributed by atoms with E-state index in [0.29, 0.717) is 32.6 Å². The first-order chi connectivity index (χ1) is 9.61. The lowest BCUT2D eigenvalue weighted by Gasteiger charge is -2.28. The molecule has 5 nitrogen and oxygen atoms in total. The van der Waals surface area contributed by atoms with Gasteiger partial charge >= 0.3 is 5.97 Å². The van der Waals surface area contributed by atoms with Crippen molar-refractivity contribution < 1.29 is 14.7 Å². The number of carbonyl (C=O) groups excluding carboxylic acids is 1. The molecular weight excluding hydrogens is 256 g/mol. The molecule has 2 aliphatic rings. The second-order valence-corrected chi connectivity index (χ2v) is 5.64. The minimum Gasteiger partial charge on any atom is -0.481 e. The van der Waals surface area contributed by atoms with Crippen LogP contribution in [0.1, 0.15) is 39.0 Å². The minimum absolute atomic E-state index is 0.103. The molecule has 1 aliphatic carbocycles. The van der Waals surface area contributed by atoms with Crippen LogP contribution in [0.2, 0.25) is 0 Å². The van der Waals surface area contributed by atoms with Crippen molar-refractivity contribution in [1.29, 1.82) is 0 Å². The predicted molar refractivity (Wildman–Crippen MR) is 76.1 cm³/mol. The van der Waals surface area contributed by atoms with E-state index in [2.05, 4.69) is 6.08 Å². The Bertz CT molecular complexity index is 406. The molecule has 0 bridgehead atoms. The van der Waals surface area contributed by atoms with E-state index in [-0.39, 0.29) is 11.8 Å². The molecule has 1 atom stereocenters. The zero-order valence-corrected chi connectivity index (χ0v) is 12.2. The number of carbonyl (C=O) groups is 2. The van der Waals surface area contributed by atoms with Gasteiger partial charge in [-0.05, 0) is 45.6 Å². The minimum atomic E-state index is -0.748. The summed E-state index contributed by atoms with van der Waals surface area (Å²) in [6.07, 6.45) is 7.23. The van der Waals surface area contributed by atoms with Crippen LogP contribution in [0.25, 0.3) is 0 Å². The van der Waals surface area contributed by atoms with Crippen molar-refractivity contribution >= 4 is 11.9 Å². The van der Waals surface area contributed by atoms with Gasteiger partial charge in [-0.25, -0.2) is 0 Å². The molecule has 1 fully saturated rings. The summed E-state index contributed by atoms with van der Waals surface area (Å²) in [4.78, 5) is 27.2. The van der Waals surface area contributed by atoms with Crippen LogP contribution in [-0.2, 0) is 9.59 Å². The summed E-state index contributed by atoms with van der Waals surface area (Å²) in [6.45, 7) is 4.24. The number of carboxylic acids is 1. The van der Waals surface area contributed by atoms with E-state index in [1.165, 1.54) is 6.42 Å². The van der Waals surface area contributed by atoms with Gasteiger partial charge in [-0.3, -0.25) is 14.5 Å². The standard InChI is InChI=1S/C15H24N2O3/c1-2-17(13-6-4-3-5-7-13)14(18)11-16-9-8-12(10-16)15(19)20/h6,12H,2-5,7-11H2,1H3,(H,19,20). The summed E-state index contributed by atoms with van der Waals surface area (Å²) in [7, 11) is 0. The largest absolute Gasteiger partial charge is 0.481 e. The van der Waals surface area contributed by atoms with E-state index >= 15 is 0 Å². The topological polar surface area (TPSA) is 60.9 Å². The third kappa shape index (κ3) is 3.60. The molecule has 112 valence electrons. The van der Waals surface area contributed by atoms with E-state index in [4.69, 9.17) is 5.11 Å². The zero-order valence-electron chi connectivity index (χ0n) is 12.2. The normalized spacial score (nSPS) is 23.4. The van der Waals surface area contributed by atoms with Crippen molar-refractivity contribution in [3.8, 4) is 0 Å². The van der Waals surface area contributed by atoms with Crippen molar-refractivity contribution in [3.63, 3.8) is 0 Å². The highest BCUT2D eigenvalue weighted by Gasteiger charge is 2.30. The molecule has 1 heterocycles. The van der Waals surface area contributed by atoms with Gasteiger partial charge in [-0.15, -0.1) is 0 Å². The van der Waals surface area contributed by atoms with Gasteiger partial charge in [0.1, 0.15) is 0 Å². The second kappa shape index (κ2) is 6.88. The molecule has 2 rings (SSSR count). The molecule has 1 amide bonds. The lowest BCUT2D eigenvalue weighted by Crippen LogP contribution is -2.39. The molecule has 0 radical (unpaired) electrons. The van der Waals surface area contributed by atoms with Gasteiger partial charge in [-0.2, -0.15) is 0 Å². The Morgan fingerprint density at radius 3 is 2.80 bits per heavy atom. The number of hydrogen-bond acceptors (Lipinski definition) is 3. The average Bonchev–Trinajstić information content (AvgIpc) is 2.89. The van der Waals surface area contributed by atoms with E-state index in [9.17, 15) is 9.59 Å². The molecule has 1 saturated heterocycles. The molecule has 0 aromatic rings. The van der Waals surface area contributed by atoms with E-state index in [0.717, 1.165) is 25.0 Å². The molecule has 5 heteroatoms. The van der Waals surface area contributed by atoms with Crippen molar-refractivity contribution in [3.05, 3.63) is 11.8 Å². The highest BCUT2D eigenvalue weighted by Crippen LogP contribution is 2.22. The van der Waals surface area contributed by atoms with Gasteiger partial charge in [0.05, 0.1) is 12.5 Å². The van der Waals surface area contributed by atoms with Crippen molar-refractivity contribution in [1.82, 2.24) is 9.80 Å². The van der Waals surface area contributed by atoms with Crippen LogP contribution in [0.3, 0.4) is 0 Å². The molecular formula is C15H24N2O3. The number of aliphatic carboxylic acids is 1. The van der Waals surface area contributed by atoms with E-state index in [1.54, 1.807) is 0 Å². The second-order valence-electron chi connectivity index (χ2n) is 5.64. The van der Waals surface area contributed by atoms with Crippen LogP contribution in [0.4, 0.5) is 0 Å². The zero-order chi connectivity index (χ0) is 14.5. The smallest absolute Gasteiger partial charge is 0.307 e. The number of hydrogen-bond donors (Lipinski definition) is 1. The van der Waals surface area contributed by atoms with Gasteiger partial charge in [0, 0.05) is 18.8 Å². The number of rotatable bonds is 5. The van der Waals surface area contributed by atoms with Crippen LogP contribution >= 0.6 is 0 Å². The summed E-state index contributed by atoms with van der Waals surface area (Å²) in [5, 5.41) is 8.99. The quantitative estimate of drug-likeness (QED) is 0.832. The number of likely N-dealkylation sites (N-methyl/N-ethyl adjacent to an activating group) is 1. The third-order valence-electron chi connectivity index (χ3n) is 4.21. The van der Waals surface area contributed by atoms with Crippen LogP contribution in [0.15, 0.2) is 11.8 Å². The number of nitrogens with zero attached hydrogens (tertiary/aromatic N) is 2. The Labute approximate surface area is 120 Å². The maximum atomic E-state index is 12.4. The predicted octanol–water partition coefficient (Wildman–Crippen LogP) is 1.70. The molecule has 0 spiro atoms. The van der Waals surface area contributed by atoms with Gasteiger partial charge in [0.15, 0.2) is 0 Å². The molecule has 0 aromatic heterocycles. The fourth-order valence-corrected chi connectivity index (χ4v) is 3.06. The first-order valence-electron chi connectivity index (χ1n) is 7.56. The van der Waals surface area contributed by atoms with Crippen LogP contribution in [0.5, 0.6) is 0 Å². The van der Waals surface area contributed by atoms with Crippen molar-refractivity contribution in [2.75, 3.05) is 26.2 Å². The molecule has 1 unspecified atom stereocenters. The van der Waals surface area contributed by atoms with Gasteiger partial charge in [0.25, 0.3) is 0 Å². The average molecular weight is 280 g/mol. The Balaban J connectivity index is 1.90. The van der Waals surface area contributed by atoms with Crippen molar-refractivity contribution in [2.45, 2.75) is 39.0 Å². The molecule has 1 N–H and O–H groups in total. The molecule has 1 aliphatic heterocycles. The SMILES string of the molecule is CCN(C(=O)CN1CCC(C(=O)O)C1)C1=CCCCC1. The Hall–Kier alpha value is -1.36. The van der Waals surface area contributed by atoms with Gasteiger partial charge < -0.3 is 10.0 Å². The summed E-state index contributed by atoms with van der Waals surface area (Å²) in [5.41, 5.74) is 1.15. The maximum Gasteiger partial charge on any atom is 0.307 e. The summed E-state index contributed by atoms with van der Waals surface area (Å²) < 4.78 is 0. The monoisotopic (exact) mass is 280 g/mol. The lowest BCUT2D eigenvalue weighted by molar-refractivity contribution is -0.141. The maximum absolute atomic E-state index is 12.4. The van der Waals surface area contributed by atoms with E-state index in [1.807, 2.05) is 16.7 Å². The number of likely N-dealkylation sites (tertiary alicyclic amines) is 1. The summed E-state index contributed by atoms with van der Waals surface area (Å²) in [6, 6.07) is 0. The Morgan fingerprint density at radius 1 is 1.45 bits per heavy atom. The molecule has 0 saturated carbocycles. The highest BCUT2D eigenvalue weighted by molar-refractivity contribution is 5.80. The molecule has 0 aromatic carbocycles. The fourth-order valence-electron chi connectivity index (χ4n) is 3.06.